The molecule has 2 aliphatic rings. The molecule has 0 spiro atoms. The number of nitrogens with one attached hydrogen (secondary N) is 1. The Morgan fingerprint density at radius 1 is 1.26 bits per heavy atom. The van der Waals surface area contributed by atoms with Crippen LogP contribution in [0.1, 0.15) is 37.3 Å². The third-order valence-corrected chi connectivity index (χ3v) is 4.90. The van der Waals surface area contributed by atoms with Gasteiger partial charge in [-0.15, -0.1) is 0 Å². The summed E-state index contributed by atoms with van der Waals surface area (Å²) in [6.45, 7) is 1.20. The van der Waals surface area contributed by atoms with Gasteiger partial charge in [-0.3, -0.25) is 4.79 Å². The highest BCUT2D eigenvalue weighted by Gasteiger charge is 2.27. The van der Waals surface area contributed by atoms with E-state index in [1.54, 1.807) is 12.1 Å². The fraction of sp³-hybridized carbons (Fsp3) is 0.450. The van der Waals surface area contributed by atoms with E-state index in [0.717, 1.165) is 48.6 Å². The largest absolute Gasteiger partial charge is 0.482 e. The van der Waals surface area contributed by atoms with Gasteiger partial charge in [0.1, 0.15) is 11.3 Å². The average Bonchev–Trinajstić information content (AvgIpc) is 3.31. The van der Waals surface area contributed by atoms with E-state index in [1.807, 2.05) is 6.07 Å². The van der Waals surface area contributed by atoms with Crippen LogP contribution in [0.5, 0.6) is 5.75 Å². The first kappa shape index (κ1) is 17.6. The molecular formula is C20H21NO6. The lowest BCUT2D eigenvalue weighted by atomic mass is 10.1. The van der Waals surface area contributed by atoms with E-state index < -0.39 is 12.1 Å². The van der Waals surface area contributed by atoms with Crippen molar-refractivity contribution in [2.24, 2.45) is 0 Å². The lowest BCUT2D eigenvalue weighted by Crippen LogP contribution is -2.37. The molecule has 1 amide bonds. The maximum atomic E-state index is 12.0. The third kappa shape index (κ3) is 3.82. The maximum Gasteiger partial charge on any atom is 0.344 e. The van der Waals surface area contributed by atoms with Crippen LogP contribution in [0.4, 0.5) is 0 Å². The molecule has 2 aromatic rings. The number of hydrogen-bond acceptors (Lipinski definition) is 6. The Balaban J connectivity index is 1.38. The zero-order valence-electron chi connectivity index (χ0n) is 15.1. The van der Waals surface area contributed by atoms with Crippen molar-refractivity contribution >= 4 is 22.8 Å². The molecule has 1 fully saturated rings. The van der Waals surface area contributed by atoms with Gasteiger partial charge in [0.25, 0.3) is 5.91 Å². The highest BCUT2D eigenvalue weighted by Crippen LogP contribution is 2.29. The van der Waals surface area contributed by atoms with Gasteiger partial charge in [-0.1, -0.05) is 0 Å². The first-order valence-corrected chi connectivity index (χ1v) is 9.22. The first-order valence-electron chi connectivity index (χ1n) is 9.22. The molecule has 1 atom stereocenters. The molecule has 142 valence electrons. The average molecular weight is 371 g/mol. The first-order chi connectivity index (χ1) is 13.0. The quantitative estimate of drug-likeness (QED) is 0.615. The molecule has 1 N–H and O–H groups in total. The number of aryl methyl sites for hydroxylation is 1. The Bertz CT molecular complexity index is 959. The van der Waals surface area contributed by atoms with Crippen LogP contribution in [-0.2, 0) is 27.2 Å². The van der Waals surface area contributed by atoms with Crippen molar-refractivity contribution in [2.75, 3.05) is 6.61 Å². The molecule has 1 heterocycles. The van der Waals surface area contributed by atoms with Crippen molar-refractivity contribution < 1.29 is 23.5 Å². The summed E-state index contributed by atoms with van der Waals surface area (Å²) in [6.07, 6.45) is 3.65. The van der Waals surface area contributed by atoms with Crippen LogP contribution in [0.3, 0.4) is 0 Å². The molecule has 1 saturated carbocycles. The maximum absolute atomic E-state index is 12.0. The fourth-order valence-corrected chi connectivity index (χ4v) is 3.33. The van der Waals surface area contributed by atoms with E-state index in [0.29, 0.717) is 11.3 Å². The SMILES string of the molecule is C[C@@H](OC(=O)COc1ccc2c3c(c(=O)oc2c1)CCC3)C(=O)NC1CC1. The van der Waals surface area contributed by atoms with Gasteiger partial charge in [-0.25, -0.2) is 9.59 Å². The minimum atomic E-state index is -0.862. The van der Waals surface area contributed by atoms with Gasteiger partial charge >= 0.3 is 11.6 Å². The van der Waals surface area contributed by atoms with Gasteiger partial charge in [0.15, 0.2) is 12.7 Å². The molecule has 0 saturated heterocycles. The number of ether oxygens (including phenoxy) is 2. The summed E-state index contributed by atoms with van der Waals surface area (Å²) >= 11 is 0. The smallest absolute Gasteiger partial charge is 0.344 e. The highest BCUT2D eigenvalue weighted by atomic mass is 16.6. The molecule has 0 aliphatic heterocycles. The summed E-state index contributed by atoms with van der Waals surface area (Å²) < 4.78 is 15.9. The van der Waals surface area contributed by atoms with E-state index in [4.69, 9.17) is 13.9 Å². The Labute approximate surface area is 155 Å². The number of amides is 1. The summed E-state index contributed by atoms with van der Waals surface area (Å²) in [4.78, 5) is 35.8. The van der Waals surface area contributed by atoms with E-state index >= 15 is 0 Å². The predicted octanol–water partition coefficient (Wildman–Crippen LogP) is 1.87. The second kappa shape index (κ2) is 7.06. The minimum absolute atomic E-state index is 0.212. The summed E-state index contributed by atoms with van der Waals surface area (Å²) in [6, 6.07) is 5.39. The summed E-state index contributed by atoms with van der Waals surface area (Å²) in [7, 11) is 0. The van der Waals surface area contributed by atoms with E-state index in [1.165, 1.54) is 6.92 Å². The van der Waals surface area contributed by atoms with Crippen molar-refractivity contribution in [2.45, 2.75) is 51.2 Å². The van der Waals surface area contributed by atoms with Crippen LogP contribution in [0.25, 0.3) is 11.0 Å². The number of esters is 1. The monoisotopic (exact) mass is 371 g/mol. The molecule has 1 aromatic carbocycles. The molecule has 0 unspecified atom stereocenters. The van der Waals surface area contributed by atoms with E-state index in [9.17, 15) is 14.4 Å². The molecule has 2 aliphatic carbocycles. The standard InChI is InChI=1S/C20H21NO6/c1-11(19(23)21-12-5-6-12)26-18(22)10-25-13-7-8-15-14-3-2-4-16(14)20(24)27-17(15)9-13/h7-9,11-12H,2-6,10H2,1H3,(H,21,23)/t11-/m1/s1. The van der Waals surface area contributed by atoms with Gasteiger partial charge in [0.05, 0.1) is 0 Å². The number of hydrogen-bond donors (Lipinski definition) is 1. The molecule has 4 rings (SSSR count). The third-order valence-electron chi connectivity index (χ3n) is 4.90. The highest BCUT2D eigenvalue weighted by molar-refractivity contribution is 5.84. The Morgan fingerprint density at radius 2 is 2.04 bits per heavy atom. The predicted molar refractivity (Wildman–Crippen MR) is 96.7 cm³/mol. The lowest BCUT2D eigenvalue weighted by molar-refractivity contribution is -0.156. The topological polar surface area (TPSA) is 94.8 Å². The second-order valence-electron chi connectivity index (χ2n) is 7.06. The number of fused-ring (bicyclic) bond motifs is 3. The van der Waals surface area contributed by atoms with Crippen LogP contribution < -0.4 is 15.7 Å². The molecular weight excluding hydrogens is 350 g/mol. The molecule has 27 heavy (non-hydrogen) atoms. The van der Waals surface area contributed by atoms with Gasteiger partial charge in [0.2, 0.25) is 0 Å². The normalized spacial score (nSPS) is 16.6. The van der Waals surface area contributed by atoms with Crippen LogP contribution >= 0.6 is 0 Å². The number of benzene rings is 1. The van der Waals surface area contributed by atoms with Crippen LogP contribution in [0.15, 0.2) is 27.4 Å². The van der Waals surface area contributed by atoms with Crippen LogP contribution in [0, 0.1) is 0 Å². The van der Waals surface area contributed by atoms with Crippen molar-refractivity contribution in [3.8, 4) is 5.75 Å². The summed E-state index contributed by atoms with van der Waals surface area (Å²) in [5.74, 6) is -0.535. The van der Waals surface area contributed by atoms with Gasteiger partial charge in [-0.05, 0) is 56.7 Å². The molecule has 1 aromatic heterocycles. The summed E-state index contributed by atoms with van der Waals surface area (Å²) in [5, 5.41) is 3.68. The van der Waals surface area contributed by atoms with Crippen molar-refractivity contribution in [3.63, 3.8) is 0 Å². The minimum Gasteiger partial charge on any atom is -0.482 e. The summed E-state index contributed by atoms with van der Waals surface area (Å²) in [5.41, 5.74) is 1.95. The van der Waals surface area contributed by atoms with Crippen LogP contribution in [-0.4, -0.2) is 30.6 Å². The lowest BCUT2D eigenvalue weighted by Gasteiger charge is -2.13. The number of carbonyl (C=O) groups excluding carboxylic acids is 2. The van der Waals surface area contributed by atoms with E-state index in [-0.39, 0.29) is 24.2 Å². The Hall–Kier alpha value is -2.83. The fourth-order valence-electron chi connectivity index (χ4n) is 3.33. The second-order valence-corrected chi connectivity index (χ2v) is 7.06. The van der Waals surface area contributed by atoms with Crippen molar-refractivity contribution in [1.82, 2.24) is 5.32 Å². The molecule has 0 bridgehead atoms. The molecule has 0 radical (unpaired) electrons. The Kier molecular flexibility index (Phi) is 4.59. The zero-order chi connectivity index (χ0) is 19.0. The number of carbonyl (C=O) groups is 2. The molecule has 7 nitrogen and oxygen atoms in total. The van der Waals surface area contributed by atoms with Gasteiger partial charge in [-0.2, -0.15) is 0 Å². The number of rotatable bonds is 6. The zero-order valence-corrected chi connectivity index (χ0v) is 15.1. The van der Waals surface area contributed by atoms with Gasteiger partial charge < -0.3 is 19.2 Å². The van der Waals surface area contributed by atoms with Crippen LogP contribution in [0.2, 0.25) is 0 Å². The van der Waals surface area contributed by atoms with Gasteiger partial charge in [0, 0.05) is 23.1 Å². The van der Waals surface area contributed by atoms with Crippen molar-refractivity contribution in [3.05, 3.63) is 39.7 Å². The van der Waals surface area contributed by atoms with Crippen molar-refractivity contribution in [1.29, 1.82) is 0 Å². The molecule has 7 heteroatoms. The Morgan fingerprint density at radius 3 is 2.81 bits per heavy atom. The van der Waals surface area contributed by atoms with E-state index in [2.05, 4.69) is 5.32 Å².